The van der Waals surface area contributed by atoms with Gasteiger partial charge >= 0.3 is 5.97 Å². The quantitative estimate of drug-likeness (QED) is 0.512. The SMILES string of the molecule is CCC#CCC[C@@H]1[C@H](CCC)[C@H]1COC(=O)c1ccc(OC)cc1. The van der Waals surface area contributed by atoms with Gasteiger partial charge < -0.3 is 9.47 Å². The maximum absolute atomic E-state index is 12.2. The van der Waals surface area contributed by atoms with Crippen molar-refractivity contribution in [3.8, 4) is 17.6 Å². The minimum atomic E-state index is -0.246. The van der Waals surface area contributed by atoms with E-state index in [1.54, 1.807) is 31.4 Å². The van der Waals surface area contributed by atoms with Crippen LogP contribution in [0.3, 0.4) is 0 Å². The maximum atomic E-state index is 12.2. The summed E-state index contributed by atoms with van der Waals surface area (Å²) in [5, 5.41) is 0. The van der Waals surface area contributed by atoms with E-state index in [4.69, 9.17) is 9.47 Å². The Morgan fingerprint density at radius 2 is 1.75 bits per heavy atom. The molecule has 130 valence electrons. The fourth-order valence-corrected chi connectivity index (χ4v) is 3.40. The maximum Gasteiger partial charge on any atom is 0.338 e. The van der Waals surface area contributed by atoms with E-state index in [1.807, 2.05) is 0 Å². The highest BCUT2D eigenvalue weighted by Crippen LogP contribution is 2.52. The Kier molecular flexibility index (Phi) is 7.18. The highest BCUT2D eigenvalue weighted by molar-refractivity contribution is 5.89. The van der Waals surface area contributed by atoms with Gasteiger partial charge in [0, 0.05) is 12.8 Å². The zero-order valence-electron chi connectivity index (χ0n) is 15.0. The number of esters is 1. The van der Waals surface area contributed by atoms with E-state index in [2.05, 4.69) is 25.7 Å². The van der Waals surface area contributed by atoms with Crippen LogP contribution in [-0.2, 0) is 4.74 Å². The third kappa shape index (κ3) is 5.03. The van der Waals surface area contributed by atoms with E-state index >= 15 is 0 Å². The Labute approximate surface area is 145 Å². The summed E-state index contributed by atoms with van der Waals surface area (Å²) in [7, 11) is 1.61. The molecular formula is C21H28O3. The molecule has 3 nitrogen and oxygen atoms in total. The van der Waals surface area contributed by atoms with Gasteiger partial charge in [-0.25, -0.2) is 4.79 Å². The zero-order valence-corrected chi connectivity index (χ0v) is 15.0. The molecule has 0 bridgehead atoms. The first kappa shape index (κ1) is 18.4. The molecule has 0 N–H and O–H groups in total. The molecule has 0 spiro atoms. The van der Waals surface area contributed by atoms with Crippen LogP contribution in [0.25, 0.3) is 0 Å². The van der Waals surface area contributed by atoms with E-state index in [0.29, 0.717) is 29.9 Å². The second-order valence-corrected chi connectivity index (χ2v) is 6.35. The largest absolute Gasteiger partial charge is 0.497 e. The highest BCUT2D eigenvalue weighted by atomic mass is 16.5. The standard InChI is InChI=1S/C21H28O3/c1-4-6-7-8-10-19-18(9-5-2)20(19)15-24-21(22)16-11-13-17(23-3)14-12-16/h11-14,18-20H,4-5,8-10,15H2,1-3H3/t18-,19+,20+/m0/s1. The molecule has 0 heterocycles. The lowest BCUT2D eigenvalue weighted by atomic mass is 10.1. The summed E-state index contributed by atoms with van der Waals surface area (Å²) < 4.78 is 10.6. The number of ether oxygens (including phenoxy) is 2. The van der Waals surface area contributed by atoms with E-state index in [-0.39, 0.29) is 5.97 Å². The van der Waals surface area contributed by atoms with Gasteiger partial charge in [0.05, 0.1) is 19.3 Å². The Hall–Kier alpha value is -1.95. The van der Waals surface area contributed by atoms with E-state index in [0.717, 1.165) is 25.0 Å². The van der Waals surface area contributed by atoms with Crippen molar-refractivity contribution in [3.05, 3.63) is 29.8 Å². The van der Waals surface area contributed by atoms with Crippen molar-refractivity contribution in [1.29, 1.82) is 0 Å². The van der Waals surface area contributed by atoms with Crippen LogP contribution in [0, 0.1) is 29.6 Å². The average Bonchev–Trinajstić information content (AvgIpc) is 3.28. The fraction of sp³-hybridized carbons (Fsp3) is 0.571. The molecule has 1 saturated carbocycles. The number of hydrogen-bond donors (Lipinski definition) is 0. The Morgan fingerprint density at radius 1 is 1.04 bits per heavy atom. The monoisotopic (exact) mass is 328 g/mol. The smallest absolute Gasteiger partial charge is 0.338 e. The molecule has 3 heteroatoms. The molecule has 1 fully saturated rings. The van der Waals surface area contributed by atoms with Crippen molar-refractivity contribution in [2.45, 2.75) is 46.0 Å². The Morgan fingerprint density at radius 3 is 2.38 bits per heavy atom. The number of hydrogen-bond acceptors (Lipinski definition) is 3. The summed E-state index contributed by atoms with van der Waals surface area (Å²) in [5.74, 6) is 8.72. The van der Waals surface area contributed by atoms with Gasteiger partial charge in [-0.1, -0.05) is 26.7 Å². The van der Waals surface area contributed by atoms with E-state index in [9.17, 15) is 4.79 Å². The number of rotatable bonds is 8. The Bertz CT molecular complexity index is 579. The van der Waals surface area contributed by atoms with E-state index < -0.39 is 0 Å². The molecule has 2 rings (SSSR count). The summed E-state index contributed by atoms with van der Waals surface area (Å²) >= 11 is 0. The molecule has 24 heavy (non-hydrogen) atoms. The van der Waals surface area contributed by atoms with Crippen LogP contribution in [-0.4, -0.2) is 19.7 Å². The summed E-state index contributed by atoms with van der Waals surface area (Å²) in [4.78, 5) is 12.2. The van der Waals surface area contributed by atoms with Crippen molar-refractivity contribution in [3.63, 3.8) is 0 Å². The van der Waals surface area contributed by atoms with Gasteiger partial charge in [0.2, 0.25) is 0 Å². The van der Waals surface area contributed by atoms with Gasteiger partial charge in [0.15, 0.2) is 0 Å². The molecule has 3 atom stereocenters. The van der Waals surface area contributed by atoms with Crippen LogP contribution in [0.5, 0.6) is 5.75 Å². The molecule has 0 radical (unpaired) electrons. The van der Waals surface area contributed by atoms with Crippen LogP contribution >= 0.6 is 0 Å². The lowest BCUT2D eigenvalue weighted by molar-refractivity contribution is 0.0474. The van der Waals surface area contributed by atoms with Crippen molar-refractivity contribution < 1.29 is 14.3 Å². The number of carbonyl (C=O) groups excluding carboxylic acids is 1. The third-order valence-electron chi connectivity index (χ3n) is 4.77. The second kappa shape index (κ2) is 9.37. The predicted octanol–water partition coefficient (Wildman–Crippen LogP) is 4.71. The van der Waals surface area contributed by atoms with Crippen molar-refractivity contribution in [2.75, 3.05) is 13.7 Å². The molecule has 1 aliphatic rings. The van der Waals surface area contributed by atoms with Gasteiger partial charge in [-0.3, -0.25) is 0 Å². The number of methoxy groups -OCH3 is 1. The fourth-order valence-electron chi connectivity index (χ4n) is 3.40. The minimum Gasteiger partial charge on any atom is -0.497 e. The predicted molar refractivity (Wildman–Crippen MR) is 96.0 cm³/mol. The third-order valence-corrected chi connectivity index (χ3v) is 4.77. The lowest BCUT2D eigenvalue weighted by Gasteiger charge is -2.05. The molecule has 0 aliphatic heterocycles. The summed E-state index contributed by atoms with van der Waals surface area (Å²) in [6, 6.07) is 7.05. The minimum absolute atomic E-state index is 0.246. The normalized spacial score (nSPS) is 21.5. The molecule has 1 aromatic rings. The van der Waals surface area contributed by atoms with E-state index in [1.165, 1.54) is 12.8 Å². The van der Waals surface area contributed by atoms with Gasteiger partial charge in [0.25, 0.3) is 0 Å². The van der Waals surface area contributed by atoms with Crippen LogP contribution in [0.1, 0.15) is 56.3 Å². The van der Waals surface area contributed by atoms with Crippen molar-refractivity contribution >= 4 is 5.97 Å². The molecule has 0 unspecified atom stereocenters. The Balaban J connectivity index is 1.81. The van der Waals surface area contributed by atoms with Crippen molar-refractivity contribution in [1.82, 2.24) is 0 Å². The average molecular weight is 328 g/mol. The van der Waals surface area contributed by atoms with Crippen LogP contribution < -0.4 is 4.74 Å². The van der Waals surface area contributed by atoms with Crippen LogP contribution in [0.15, 0.2) is 24.3 Å². The van der Waals surface area contributed by atoms with Gasteiger partial charge in [-0.15, -0.1) is 11.8 Å². The summed E-state index contributed by atoms with van der Waals surface area (Å²) in [6.45, 7) is 4.82. The second-order valence-electron chi connectivity index (χ2n) is 6.35. The molecular weight excluding hydrogens is 300 g/mol. The zero-order chi connectivity index (χ0) is 17.4. The van der Waals surface area contributed by atoms with Gasteiger partial charge in [-0.05, 0) is 48.4 Å². The summed E-state index contributed by atoms with van der Waals surface area (Å²) in [6.07, 6.45) is 5.41. The molecule has 0 saturated heterocycles. The van der Waals surface area contributed by atoms with Crippen LogP contribution in [0.4, 0.5) is 0 Å². The lowest BCUT2D eigenvalue weighted by Crippen LogP contribution is -2.08. The first-order chi connectivity index (χ1) is 11.7. The number of carbonyl (C=O) groups is 1. The first-order valence-electron chi connectivity index (χ1n) is 8.98. The molecule has 1 aliphatic carbocycles. The van der Waals surface area contributed by atoms with Gasteiger partial charge in [0.1, 0.15) is 5.75 Å². The van der Waals surface area contributed by atoms with Gasteiger partial charge in [-0.2, -0.15) is 0 Å². The van der Waals surface area contributed by atoms with Crippen LogP contribution in [0.2, 0.25) is 0 Å². The molecule has 0 aromatic heterocycles. The topological polar surface area (TPSA) is 35.5 Å². The summed E-state index contributed by atoms with van der Waals surface area (Å²) in [5.41, 5.74) is 0.578. The molecule has 0 amide bonds. The molecule has 1 aromatic carbocycles. The highest BCUT2D eigenvalue weighted by Gasteiger charge is 2.48. The number of benzene rings is 1. The van der Waals surface area contributed by atoms with Crippen molar-refractivity contribution in [2.24, 2.45) is 17.8 Å². The first-order valence-corrected chi connectivity index (χ1v) is 8.98.